The first kappa shape index (κ1) is 48.9. The number of alkyl halides is 2. The van der Waals surface area contributed by atoms with E-state index < -0.39 is 6.43 Å². The molecule has 0 radical (unpaired) electrons. The second-order valence-electron chi connectivity index (χ2n) is 19.0. The molecular weight excluding hydrogens is 849 g/mol. The normalized spacial score (nSPS) is 22.0. The van der Waals surface area contributed by atoms with Crippen molar-refractivity contribution in [2.45, 2.75) is 126 Å². The predicted molar refractivity (Wildman–Crippen MR) is 273 cm³/mol. The summed E-state index contributed by atoms with van der Waals surface area (Å²) in [7, 11) is 8.31. The highest BCUT2D eigenvalue weighted by Crippen LogP contribution is 2.41. The number of aromatic nitrogens is 4. The Morgan fingerprint density at radius 2 is 1.79 bits per heavy atom. The van der Waals surface area contributed by atoms with Gasteiger partial charge in [-0.15, -0.1) is 6.58 Å². The number of piperidine rings is 2. The average molecular weight is 922 g/mol. The quantitative estimate of drug-likeness (QED) is 0.0744. The molecule has 5 aliphatic rings. The van der Waals surface area contributed by atoms with E-state index >= 15 is 0 Å². The van der Waals surface area contributed by atoms with Crippen molar-refractivity contribution in [3.05, 3.63) is 91.7 Å². The number of likely N-dealkylation sites (tertiary alicyclic amines) is 2. The van der Waals surface area contributed by atoms with Crippen LogP contribution in [-0.2, 0) is 6.54 Å². The molecule has 5 heterocycles. The van der Waals surface area contributed by atoms with Gasteiger partial charge in [-0.3, -0.25) is 4.68 Å². The van der Waals surface area contributed by atoms with Gasteiger partial charge in [0.2, 0.25) is 0 Å². The molecule has 2 aromatic heterocycles. The zero-order valence-electron chi connectivity index (χ0n) is 39.9. The smallest absolute Gasteiger partial charge is 0.284 e. The molecule has 2 saturated carbocycles. The van der Waals surface area contributed by atoms with Gasteiger partial charge in [-0.05, 0) is 127 Å². The van der Waals surface area contributed by atoms with E-state index in [-0.39, 0.29) is 17.8 Å². The number of likely N-dealkylation sites (N-methyl/N-ethyl adjacent to an activating group) is 2. The number of thiol groups is 1. The molecule has 3 aromatic rings. The van der Waals surface area contributed by atoms with Crippen LogP contribution in [0, 0.1) is 23.7 Å². The van der Waals surface area contributed by atoms with Crippen molar-refractivity contribution in [2.75, 3.05) is 62.9 Å². The molecule has 2 aliphatic carbocycles. The van der Waals surface area contributed by atoms with E-state index in [4.69, 9.17) is 4.99 Å². The summed E-state index contributed by atoms with van der Waals surface area (Å²) in [5.74, 6) is 10.4. The molecule has 66 heavy (non-hydrogen) atoms. The average Bonchev–Trinajstić information content (AvgIpc) is 4.16. The Hall–Kier alpha value is -5.00. The number of benzene rings is 1. The lowest BCUT2D eigenvalue weighted by molar-refractivity contribution is 0.144. The molecule has 1 aromatic carbocycles. The molecule has 3 aliphatic heterocycles. The fraction of sp³-hybridized carbons (Fsp3) is 0.558. The summed E-state index contributed by atoms with van der Waals surface area (Å²) in [5.41, 5.74) is 5.55. The Kier molecular flexibility index (Phi) is 16.8. The fourth-order valence-electron chi connectivity index (χ4n) is 10.5. The van der Waals surface area contributed by atoms with Crippen molar-refractivity contribution in [1.82, 2.24) is 34.7 Å². The Balaban J connectivity index is 0.000000197. The minimum absolute atomic E-state index is 0.122. The largest absolute Gasteiger partial charge is 0.390 e. The van der Waals surface area contributed by atoms with Crippen molar-refractivity contribution in [3.63, 3.8) is 0 Å². The third-order valence-electron chi connectivity index (χ3n) is 14.5. The van der Waals surface area contributed by atoms with Gasteiger partial charge in [0.15, 0.2) is 11.5 Å². The molecule has 4 fully saturated rings. The molecule has 8 rings (SSSR count). The van der Waals surface area contributed by atoms with Gasteiger partial charge in [0.1, 0.15) is 5.84 Å². The summed E-state index contributed by atoms with van der Waals surface area (Å²) < 4.78 is 31.2. The Morgan fingerprint density at radius 1 is 1.03 bits per heavy atom. The van der Waals surface area contributed by atoms with Crippen LogP contribution in [0.4, 0.5) is 31.7 Å². The van der Waals surface area contributed by atoms with Gasteiger partial charge in [0, 0.05) is 69.4 Å². The number of nitrogens with zero attached hydrogens (tertiary/aromatic N) is 9. The van der Waals surface area contributed by atoms with Crippen LogP contribution < -0.4 is 20.4 Å². The lowest BCUT2D eigenvalue weighted by Gasteiger charge is -2.34. The predicted octanol–water partition coefficient (Wildman–Crippen LogP) is 10.7. The second kappa shape index (κ2) is 22.7. The first-order chi connectivity index (χ1) is 31.9. The maximum Gasteiger partial charge on any atom is 0.284 e. The number of allylic oxidation sites excluding steroid dienone is 1. The van der Waals surface area contributed by atoms with Gasteiger partial charge in [-0.2, -0.15) is 22.8 Å². The van der Waals surface area contributed by atoms with E-state index in [1.807, 2.05) is 31.1 Å². The molecule has 356 valence electrons. The molecule has 11 nitrogen and oxygen atoms in total. The Bertz CT molecular complexity index is 2250. The number of halogens is 2. The van der Waals surface area contributed by atoms with E-state index in [1.54, 1.807) is 17.1 Å². The first-order valence-electron chi connectivity index (χ1n) is 24.2. The number of aliphatic imine (C=N–C) groups is 1. The first-order valence-corrected chi connectivity index (χ1v) is 24.7. The van der Waals surface area contributed by atoms with Crippen molar-refractivity contribution < 1.29 is 8.78 Å². The van der Waals surface area contributed by atoms with Crippen molar-refractivity contribution in [1.29, 1.82) is 0 Å². The highest BCUT2D eigenvalue weighted by atomic mass is 32.1. The Labute approximate surface area is 398 Å². The third-order valence-corrected chi connectivity index (χ3v) is 15.1. The van der Waals surface area contributed by atoms with E-state index in [9.17, 15) is 8.78 Å². The molecule has 2 bridgehead atoms. The number of para-hydroxylation sites is 1. The highest BCUT2D eigenvalue weighted by Gasteiger charge is 2.40. The molecule has 2 saturated heterocycles. The monoisotopic (exact) mass is 922 g/mol. The lowest BCUT2D eigenvalue weighted by atomic mass is 9.92. The van der Waals surface area contributed by atoms with Crippen LogP contribution in [0.1, 0.15) is 119 Å². The van der Waals surface area contributed by atoms with Gasteiger partial charge in [0.25, 0.3) is 6.43 Å². The second-order valence-corrected chi connectivity index (χ2v) is 19.7. The lowest BCUT2D eigenvalue weighted by Crippen LogP contribution is -2.39. The summed E-state index contributed by atoms with van der Waals surface area (Å²) in [5, 5.41) is 15.5. The van der Waals surface area contributed by atoms with Crippen LogP contribution in [0.15, 0.2) is 79.9 Å². The molecular formula is C52H73F2N11S. The van der Waals surface area contributed by atoms with Crippen molar-refractivity contribution in [3.8, 4) is 11.8 Å². The third kappa shape index (κ3) is 11.6. The standard InChI is InChI=1S/C28H42N4.C24H31F2N7S/c1-8-10-17-26(23(3)29-4)32(7)27-18-13-16-25(28(27)31(6)9-2)15-12-11-14-24-19-21-30(5)22-20-24;1-14(28-20-13-33(30-22(20)23(25)26)16-4-6-18(34)7-5-16)19-11-27-32-9-8-21(29-24(19)32)31-12-15-2-3-17(31)10-15/h8-9,13,16,18,24,26,29H,1-3,10-11,14,17,19-22H2,4-7H3;11,13,15-18,23,28,34H,1-10,12H2. The van der Waals surface area contributed by atoms with Gasteiger partial charge in [0.05, 0.1) is 53.0 Å². The molecule has 2 N–H and O–H groups in total. The molecule has 0 spiro atoms. The van der Waals surface area contributed by atoms with E-state index in [0.717, 1.165) is 116 Å². The van der Waals surface area contributed by atoms with E-state index in [2.05, 4.69) is 124 Å². The molecule has 3 unspecified atom stereocenters. The molecule has 0 amide bonds. The van der Waals surface area contributed by atoms with Gasteiger partial charge in [-0.1, -0.05) is 43.7 Å². The number of aryl methyl sites for hydroxylation is 1. The number of anilines is 3. The van der Waals surface area contributed by atoms with Crippen molar-refractivity contribution in [2.24, 2.45) is 16.8 Å². The maximum atomic E-state index is 13.8. The highest BCUT2D eigenvalue weighted by molar-refractivity contribution is 7.80. The van der Waals surface area contributed by atoms with E-state index in [1.165, 1.54) is 51.6 Å². The number of hydrogen-bond acceptors (Lipinski definition) is 10. The summed E-state index contributed by atoms with van der Waals surface area (Å²) in [6, 6.07) is 7.25. The topological polar surface area (TPSA) is 85.0 Å². The summed E-state index contributed by atoms with van der Waals surface area (Å²) in [4.78, 5) is 14.2. The molecule has 14 heteroatoms. The van der Waals surface area contributed by atoms with Crippen LogP contribution >= 0.6 is 12.6 Å². The van der Waals surface area contributed by atoms with Gasteiger partial charge >= 0.3 is 0 Å². The number of nitrogens with one attached hydrogen (secondary N) is 2. The summed E-state index contributed by atoms with van der Waals surface area (Å²) in [6.45, 7) is 20.6. The number of hydrogen-bond donors (Lipinski definition) is 3. The van der Waals surface area contributed by atoms with Crippen LogP contribution in [0.2, 0.25) is 0 Å². The zero-order valence-corrected chi connectivity index (χ0v) is 40.8. The summed E-state index contributed by atoms with van der Waals surface area (Å²) in [6.07, 6.45) is 19.6. The minimum atomic E-state index is -2.67. The minimum Gasteiger partial charge on any atom is -0.390 e. The number of fused-ring (bicyclic) bond motifs is 3. The molecule has 3 atom stereocenters. The maximum absolute atomic E-state index is 13.8. The zero-order chi connectivity index (χ0) is 46.9. The van der Waals surface area contributed by atoms with Gasteiger partial charge < -0.3 is 30.2 Å². The fourth-order valence-corrected chi connectivity index (χ4v) is 10.8. The summed E-state index contributed by atoms with van der Waals surface area (Å²) >= 11 is 4.54. The number of rotatable bonds is 16. The van der Waals surface area contributed by atoms with Gasteiger partial charge in [-0.25, -0.2) is 18.5 Å². The number of amidine groups is 1. The van der Waals surface area contributed by atoms with E-state index in [0.29, 0.717) is 22.7 Å². The van der Waals surface area contributed by atoms with Crippen LogP contribution in [-0.4, -0.2) is 100 Å². The van der Waals surface area contributed by atoms with Crippen LogP contribution in [0.5, 0.6) is 0 Å². The SMILES string of the molecule is C=C(Nc1cn(C2CCC(S)CC2)nc1C(F)F)c1cnn2c1N=C(N1CC3CCC1C3)CC2.C=CCCC(C(=C)NC)N(C)c1cccc(C#CCCC2CCN(C)CC2)c1N(C)C=C. The van der Waals surface area contributed by atoms with Crippen LogP contribution in [0.3, 0.4) is 0 Å². The Morgan fingerprint density at radius 3 is 2.45 bits per heavy atom. The van der Waals surface area contributed by atoms with Crippen LogP contribution in [0.25, 0.3) is 5.70 Å². The van der Waals surface area contributed by atoms with Crippen molar-refractivity contribution >= 4 is 47.0 Å².